The Labute approximate surface area is 301 Å². The van der Waals surface area contributed by atoms with Crippen LogP contribution < -0.4 is 4.74 Å². The molecule has 1 aliphatic heterocycles. The summed E-state index contributed by atoms with van der Waals surface area (Å²) in [6, 6.07) is 58.9. The first kappa shape index (κ1) is 29.1. The van der Waals surface area contributed by atoms with Gasteiger partial charge in [0.05, 0.1) is 27.7 Å². The molecule has 7 aromatic carbocycles. The van der Waals surface area contributed by atoms with Gasteiger partial charge in [0, 0.05) is 33.0 Å². The van der Waals surface area contributed by atoms with E-state index in [2.05, 4.69) is 187 Å². The molecule has 0 saturated heterocycles. The topological polar surface area (TPSA) is 27.1 Å². The van der Waals surface area contributed by atoms with Gasteiger partial charge in [0.25, 0.3) is 0 Å². The van der Waals surface area contributed by atoms with Gasteiger partial charge < -0.3 is 9.30 Å². The highest BCUT2D eigenvalue weighted by atomic mass is 16.5. The molecule has 0 N–H and O–H groups in total. The summed E-state index contributed by atoms with van der Waals surface area (Å²) in [4.78, 5) is 5.28. The quantitative estimate of drug-likeness (QED) is 0.175. The highest BCUT2D eigenvalue weighted by Gasteiger charge is 2.48. The number of para-hydroxylation sites is 2. The molecule has 3 heterocycles. The van der Waals surface area contributed by atoms with Crippen LogP contribution >= 0.6 is 0 Å². The van der Waals surface area contributed by atoms with E-state index in [1.165, 1.54) is 60.2 Å². The Morgan fingerprint density at radius 3 is 2.17 bits per heavy atom. The molecule has 1 atom stereocenters. The van der Waals surface area contributed by atoms with E-state index in [1.807, 2.05) is 0 Å². The zero-order valence-electron chi connectivity index (χ0n) is 28.3. The molecule has 9 aromatic rings. The van der Waals surface area contributed by atoms with Crippen molar-refractivity contribution in [3.05, 3.63) is 199 Å². The summed E-state index contributed by atoms with van der Waals surface area (Å²) in [5.41, 5.74) is 10.9. The predicted octanol–water partition coefficient (Wildman–Crippen LogP) is 12.3. The first-order valence-electron chi connectivity index (χ1n) is 17.9. The molecule has 2 aliphatic rings. The smallest absolute Gasteiger partial charge is 0.131 e. The van der Waals surface area contributed by atoms with Gasteiger partial charge in [-0.25, -0.2) is 4.98 Å². The molecular weight excluding hydrogens is 633 g/mol. The summed E-state index contributed by atoms with van der Waals surface area (Å²) < 4.78 is 9.20. The Morgan fingerprint density at radius 1 is 0.558 bits per heavy atom. The zero-order valence-corrected chi connectivity index (χ0v) is 28.3. The second kappa shape index (κ2) is 11.1. The third kappa shape index (κ3) is 4.17. The fourth-order valence-corrected chi connectivity index (χ4v) is 8.75. The first-order chi connectivity index (χ1) is 25.8. The molecule has 1 aliphatic carbocycles. The lowest BCUT2D eigenvalue weighted by molar-refractivity contribution is 0.391. The van der Waals surface area contributed by atoms with Crippen molar-refractivity contribution in [3.8, 4) is 33.8 Å². The second-order valence-electron chi connectivity index (χ2n) is 13.9. The SMILES string of the molecule is C1=CCC2(c3cc(-c4ccccc4)nc4ccc5ccccc5c34)C(=C1)Oc1ccc(-c3ccc4c(c3)c3ccccc3n4-c3ccccc3)cc12. The second-order valence-corrected chi connectivity index (χ2v) is 13.9. The fraction of sp³-hybridized carbons (Fsp3) is 0.0408. The minimum absolute atomic E-state index is 0.525. The number of allylic oxidation sites excluding steroid dienone is 4. The maximum absolute atomic E-state index is 6.83. The fourth-order valence-electron chi connectivity index (χ4n) is 8.75. The number of ether oxygens (including phenoxy) is 1. The van der Waals surface area contributed by atoms with Gasteiger partial charge in [0.1, 0.15) is 11.5 Å². The van der Waals surface area contributed by atoms with Gasteiger partial charge >= 0.3 is 0 Å². The highest BCUT2D eigenvalue weighted by Crippen LogP contribution is 2.56. The first-order valence-corrected chi connectivity index (χ1v) is 17.9. The zero-order chi connectivity index (χ0) is 34.2. The van der Waals surface area contributed by atoms with Gasteiger partial charge in [-0.05, 0) is 94.6 Å². The van der Waals surface area contributed by atoms with Crippen molar-refractivity contribution in [2.75, 3.05) is 0 Å². The third-order valence-electron chi connectivity index (χ3n) is 11.1. The molecule has 0 radical (unpaired) electrons. The summed E-state index contributed by atoms with van der Waals surface area (Å²) in [6.45, 7) is 0. The Balaban J connectivity index is 1.16. The monoisotopic (exact) mass is 664 g/mol. The van der Waals surface area contributed by atoms with Crippen LogP contribution in [0, 0.1) is 0 Å². The van der Waals surface area contributed by atoms with Crippen LogP contribution in [0.1, 0.15) is 17.5 Å². The lowest BCUT2D eigenvalue weighted by atomic mass is 9.68. The lowest BCUT2D eigenvalue weighted by Crippen LogP contribution is -2.29. The molecule has 52 heavy (non-hydrogen) atoms. The Bertz CT molecular complexity index is 2950. The molecule has 11 rings (SSSR count). The molecule has 0 saturated carbocycles. The van der Waals surface area contributed by atoms with Crippen LogP contribution in [-0.2, 0) is 5.41 Å². The molecule has 3 heteroatoms. The summed E-state index contributed by atoms with van der Waals surface area (Å²) >= 11 is 0. The van der Waals surface area contributed by atoms with E-state index in [4.69, 9.17) is 9.72 Å². The summed E-state index contributed by atoms with van der Waals surface area (Å²) in [7, 11) is 0. The third-order valence-corrected chi connectivity index (χ3v) is 11.1. The maximum atomic E-state index is 6.83. The van der Waals surface area contributed by atoms with Crippen LogP contribution in [0.3, 0.4) is 0 Å². The number of pyridine rings is 1. The summed E-state index contributed by atoms with van der Waals surface area (Å²) in [6.07, 6.45) is 7.37. The van der Waals surface area contributed by atoms with Gasteiger partial charge in [-0.15, -0.1) is 0 Å². The summed E-state index contributed by atoms with van der Waals surface area (Å²) in [5, 5.41) is 6.07. The number of hydrogen-bond donors (Lipinski definition) is 0. The van der Waals surface area contributed by atoms with Crippen molar-refractivity contribution in [2.45, 2.75) is 11.8 Å². The molecular formula is C49H32N2O. The van der Waals surface area contributed by atoms with Crippen molar-refractivity contribution in [1.29, 1.82) is 0 Å². The average Bonchev–Trinajstić information content (AvgIpc) is 3.74. The minimum atomic E-state index is -0.525. The van der Waals surface area contributed by atoms with E-state index >= 15 is 0 Å². The average molecular weight is 665 g/mol. The number of rotatable bonds is 4. The van der Waals surface area contributed by atoms with Crippen LogP contribution in [0.4, 0.5) is 0 Å². The van der Waals surface area contributed by atoms with Gasteiger partial charge in [0.2, 0.25) is 0 Å². The Morgan fingerprint density at radius 2 is 1.29 bits per heavy atom. The van der Waals surface area contributed by atoms with E-state index in [1.54, 1.807) is 0 Å². The van der Waals surface area contributed by atoms with E-state index in [-0.39, 0.29) is 0 Å². The molecule has 244 valence electrons. The van der Waals surface area contributed by atoms with Crippen LogP contribution in [0.2, 0.25) is 0 Å². The van der Waals surface area contributed by atoms with Gasteiger partial charge in [0.15, 0.2) is 0 Å². The number of benzene rings is 7. The van der Waals surface area contributed by atoms with Crippen molar-refractivity contribution in [1.82, 2.24) is 9.55 Å². The predicted molar refractivity (Wildman–Crippen MR) is 214 cm³/mol. The van der Waals surface area contributed by atoms with Crippen molar-refractivity contribution >= 4 is 43.5 Å². The molecule has 0 bridgehead atoms. The normalized spacial score (nSPS) is 16.3. The molecule has 0 fully saturated rings. The van der Waals surface area contributed by atoms with Crippen LogP contribution in [-0.4, -0.2) is 9.55 Å². The number of fused-ring (bicyclic) bond motifs is 9. The molecule has 2 aromatic heterocycles. The van der Waals surface area contributed by atoms with Crippen LogP contribution in [0.15, 0.2) is 188 Å². The summed E-state index contributed by atoms with van der Waals surface area (Å²) in [5.74, 6) is 1.87. The maximum Gasteiger partial charge on any atom is 0.131 e. The van der Waals surface area contributed by atoms with Crippen LogP contribution in [0.25, 0.3) is 71.6 Å². The molecule has 0 amide bonds. The van der Waals surface area contributed by atoms with E-state index in [0.29, 0.717) is 0 Å². The standard InChI is InChI=1S/C49H32N2O/c1-3-14-33(15-4-1)43-31-41(48-37-18-8-7-13-32(37)22-25-42(48)50-43)49-28-12-11-21-47(49)52-46-27-24-35(30-40(46)49)34-23-26-45-39(29-34)38-19-9-10-20-44(38)51(45)36-16-5-2-6-17-36/h1-27,29-31H,28H2. The largest absolute Gasteiger partial charge is 0.460 e. The van der Waals surface area contributed by atoms with Crippen molar-refractivity contribution < 1.29 is 4.74 Å². The van der Waals surface area contributed by atoms with E-state index < -0.39 is 5.41 Å². The van der Waals surface area contributed by atoms with E-state index in [9.17, 15) is 0 Å². The van der Waals surface area contributed by atoms with Crippen molar-refractivity contribution in [2.24, 2.45) is 0 Å². The van der Waals surface area contributed by atoms with Crippen LogP contribution in [0.5, 0.6) is 5.75 Å². The van der Waals surface area contributed by atoms with E-state index in [0.717, 1.165) is 40.4 Å². The number of aromatic nitrogens is 2. The van der Waals surface area contributed by atoms with Gasteiger partial charge in [-0.2, -0.15) is 0 Å². The van der Waals surface area contributed by atoms with Crippen molar-refractivity contribution in [3.63, 3.8) is 0 Å². The molecule has 0 spiro atoms. The van der Waals surface area contributed by atoms with Gasteiger partial charge in [-0.1, -0.05) is 121 Å². The Hall–Kier alpha value is -6.71. The van der Waals surface area contributed by atoms with Gasteiger partial charge in [-0.3, -0.25) is 0 Å². The highest BCUT2D eigenvalue weighted by molar-refractivity contribution is 6.11. The minimum Gasteiger partial charge on any atom is -0.460 e. The Kier molecular flexibility index (Phi) is 6.23. The molecule has 1 unspecified atom stereocenters. The lowest BCUT2D eigenvalue weighted by Gasteiger charge is -2.33. The number of hydrogen-bond acceptors (Lipinski definition) is 2. The number of nitrogens with zero attached hydrogens (tertiary/aromatic N) is 2. The molecule has 3 nitrogen and oxygen atoms in total.